The molecular formula is C14H28. The number of rotatable bonds is 5. The molecule has 0 N–H and O–H groups in total. The van der Waals surface area contributed by atoms with Gasteiger partial charge in [0.25, 0.3) is 0 Å². The molecule has 0 bridgehead atoms. The molecule has 3 atom stereocenters. The van der Waals surface area contributed by atoms with E-state index < -0.39 is 0 Å². The molecule has 0 amide bonds. The van der Waals surface area contributed by atoms with Crippen molar-refractivity contribution < 1.29 is 0 Å². The lowest BCUT2D eigenvalue weighted by atomic mass is 9.74. The Morgan fingerprint density at radius 2 is 1.57 bits per heavy atom. The van der Waals surface area contributed by atoms with Crippen LogP contribution in [0.15, 0.2) is 12.7 Å². The second kappa shape index (κ2) is 5.58. The fourth-order valence-electron chi connectivity index (χ4n) is 1.64. The van der Waals surface area contributed by atoms with Gasteiger partial charge in [-0.05, 0) is 36.0 Å². The highest BCUT2D eigenvalue weighted by atomic mass is 14.3. The Balaban J connectivity index is 4.05. The summed E-state index contributed by atoms with van der Waals surface area (Å²) >= 11 is 0. The summed E-state index contributed by atoms with van der Waals surface area (Å²) in [7, 11) is 0. The molecule has 0 spiro atoms. The molecule has 0 aliphatic rings. The fourth-order valence-corrected chi connectivity index (χ4v) is 1.64. The Morgan fingerprint density at radius 1 is 1.07 bits per heavy atom. The summed E-state index contributed by atoms with van der Waals surface area (Å²) in [5.41, 5.74) is 0.447. The molecule has 14 heavy (non-hydrogen) atoms. The molecular weight excluding hydrogens is 168 g/mol. The lowest BCUT2D eigenvalue weighted by Gasteiger charge is -2.31. The Labute approximate surface area is 90.8 Å². The second-order valence-electron chi connectivity index (χ2n) is 5.98. The lowest BCUT2D eigenvalue weighted by molar-refractivity contribution is 0.195. The van der Waals surface area contributed by atoms with Crippen molar-refractivity contribution in [2.24, 2.45) is 23.2 Å². The van der Waals surface area contributed by atoms with E-state index in [1.54, 1.807) is 0 Å². The molecule has 0 saturated heterocycles. The van der Waals surface area contributed by atoms with Gasteiger partial charge in [-0.1, -0.05) is 47.6 Å². The first-order chi connectivity index (χ1) is 6.29. The number of allylic oxidation sites excluding steroid dienone is 1. The van der Waals surface area contributed by atoms with Crippen molar-refractivity contribution in [1.29, 1.82) is 0 Å². The maximum absolute atomic E-state index is 3.81. The summed E-state index contributed by atoms with van der Waals surface area (Å²) in [6.07, 6.45) is 4.53. The Morgan fingerprint density at radius 3 is 1.93 bits per heavy atom. The highest BCUT2D eigenvalue weighted by molar-refractivity contribution is 4.78. The lowest BCUT2D eigenvalue weighted by Crippen LogP contribution is -2.21. The van der Waals surface area contributed by atoms with Crippen molar-refractivity contribution in [3.63, 3.8) is 0 Å². The van der Waals surface area contributed by atoms with Gasteiger partial charge in [-0.3, -0.25) is 0 Å². The van der Waals surface area contributed by atoms with Gasteiger partial charge in [0.05, 0.1) is 0 Å². The van der Waals surface area contributed by atoms with E-state index in [-0.39, 0.29) is 0 Å². The summed E-state index contributed by atoms with van der Waals surface area (Å²) in [6.45, 7) is 17.9. The van der Waals surface area contributed by atoms with Crippen LogP contribution in [0.4, 0.5) is 0 Å². The molecule has 0 aromatic carbocycles. The molecule has 0 rings (SSSR count). The van der Waals surface area contributed by atoms with E-state index in [1.807, 2.05) is 6.08 Å². The SMILES string of the molecule is C=CCC(C)C(C)CC(C)C(C)(C)C. The van der Waals surface area contributed by atoms with Gasteiger partial charge in [0.2, 0.25) is 0 Å². The Bertz CT molecular complexity index is 161. The summed E-state index contributed by atoms with van der Waals surface area (Å²) in [4.78, 5) is 0. The minimum atomic E-state index is 0.447. The van der Waals surface area contributed by atoms with Crippen molar-refractivity contribution >= 4 is 0 Å². The zero-order valence-electron chi connectivity index (χ0n) is 10.9. The van der Waals surface area contributed by atoms with Gasteiger partial charge >= 0.3 is 0 Å². The van der Waals surface area contributed by atoms with E-state index in [1.165, 1.54) is 6.42 Å². The second-order valence-corrected chi connectivity index (χ2v) is 5.98. The molecule has 0 aromatic heterocycles. The number of hydrogen-bond donors (Lipinski definition) is 0. The third-order valence-corrected chi connectivity index (χ3v) is 3.71. The molecule has 0 fully saturated rings. The first-order valence-corrected chi connectivity index (χ1v) is 5.90. The Kier molecular flexibility index (Phi) is 5.48. The average molecular weight is 196 g/mol. The van der Waals surface area contributed by atoms with Gasteiger partial charge in [0.15, 0.2) is 0 Å². The molecule has 0 heterocycles. The third kappa shape index (κ3) is 4.83. The van der Waals surface area contributed by atoms with Crippen LogP contribution >= 0.6 is 0 Å². The van der Waals surface area contributed by atoms with Crippen LogP contribution in [0.5, 0.6) is 0 Å². The van der Waals surface area contributed by atoms with Crippen LogP contribution < -0.4 is 0 Å². The largest absolute Gasteiger partial charge is 0.103 e. The van der Waals surface area contributed by atoms with Gasteiger partial charge in [-0.25, -0.2) is 0 Å². The van der Waals surface area contributed by atoms with Crippen LogP contribution in [0.3, 0.4) is 0 Å². The summed E-state index contributed by atoms with van der Waals surface area (Å²) in [6, 6.07) is 0. The molecule has 0 nitrogen and oxygen atoms in total. The predicted molar refractivity (Wildman–Crippen MR) is 66.4 cm³/mol. The van der Waals surface area contributed by atoms with E-state index in [4.69, 9.17) is 0 Å². The van der Waals surface area contributed by atoms with Crippen molar-refractivity contribution in [3.05, 3.63) is 12.7 Å². The molecule has 0 saturated carbocycles. The molecule has 3 unspecified atom stereocenters. The summed E-state index contributed by atoms with van der Waals surface area (Å²) < 4.78 is 0. The zero-order valence-corrected chi connectivity index (χ0v) is 10.9. The summed E-state index contributed by atoms with van der Waals surface area (Å²) in [5, 5.41) is 0. The first kappa shape index (κ1) is 13.7. The van der Waals surface area contributed by atoms with Gasteiger partial charge < -0.3 is 0 Å². The topological polar surface area (TPSA) is 0 Å². The highest BCUT2D eigenvalue weighted by Crippen LogP contribution is 2.33. The van der Waals surface area contributed by atoms with Crippen LogP contribution in [0.1, 0.15) is 54.4 Å². The molecule has 0 radical (unpaired) electrons. The van der Waals surface area contributed by atoms with Crippen molar-refractivity contribution in [2.45, 2.75) is 54.4 Å². The van der Waals surface area contributed by atoms with E-state index >= 15 is 0 Å². The average Bonchev–Trinajstić information content (AvgIpc) is 2.02. The van der Waals surface area contributed by atoms with E-state index in [0.717, 1.165) is 24.2 Å². The molecule has 0 aliphatic heterocycles. The van der Waals surface area contributed by atoms with Gasteiger partial charge in [-0.2, -0.15) is 0 Å². The monoisotopic (exact) mass is 196 g/mol. The normalized spacial score (nSPS) is 18.7. The van der Waals surface area contributed by atoms with Gasteiger partial charge in [-0.15, -0.1) is 6.58 Å². The van der Waals surface area contributed by atoms with E-state index in [0.29, 0.717) is 5.41 Å². The molecule has 0 aromatic rings. The van der Waals surface area contributed by atoms with Gasteiger partial charge in [0.1, 0.15) is 0 Å². The van der Waals surface area contributed by atoms with E-state index in [2.05, 4.69) is 48.1 Å². The minimum absolute atomic E-state index is 0.447. The minimum Gasteiger partial charge on any atom is -0.103 e. The zero-order chi connectivity index (χ0) is 11.4. The maximum Gasteiger partial charge on any atom is -0.0325 e. The smallest absolute Gasteiger partial charge is 0.0325 e. The first-order valence-electron chi connectivity index (χ1n) is 5.90. The fraction of sp³-hybridized carbons (Fsp3) is 0.857. The van der Waals surface area contributed by atoms with Crippen molar-refractivity contribution in [3.8, 4) is 0 Å². The predicted octanol–water partition coefficient (Wildman–Crippen LogP) is 4.91. The maximum atomic E-state index is 3.81. The standard InChI is InChI=1S/C14H28/c1-8-9-11(2)12(3)10-13(4)14(5,6)7/h8,11-13H,1,9-10H2,2-7H3. The highest BCUT2D eigenvalue weighted by Gasteiger charge is 2.23. The summed E-state index contributed by atoms with van der Waals surface area (Å²) in [5.74, 6) is 2.38. The van der Waals surface area contributed by atoms with Crippen LogP contribution in [0.25, 0.3) is 0 Å². The molecule has 0 aliphatic carbocycles. The number of hydrogen-bond acceptors (Lipinski definition) is 0. The van der Waals surface area contributed by atoms with Gasteiger partial charge in [0, 0.05) is 0 Å². The molecule has 84 valence electrons. The van der Waals surface area contributed by atoms with Crippen LogP contribution in [0.2, 0.25) is 0 Å². The van der Waals surface area contributed by atoms with Crippen LogP contribution in [-0.4, -0.2) is 0 Å². The quantitative estimate of drug-likeness (QED) is 0.548. The molecule has 0 heteroatoms. The van der Waals surface area contributed by atoms with Crippen LogP contribution in [0, 0.1) is 23.2 Å². The Hall–Kier alpha value is -0.260. The van der Waals surface area contributed by atoms with Crippen molar-refractivity contribution in [1.82, 2.24) is 0 Å². The van der Waals surface area contributed by atoms with Crippen LogP contribution in [-0.2, 0) is 0 Å². The van der Waals surface area contributed by atoms with E-state index in [9.17, 15) is 0 Å². The van der Waals surface area contributed by atoms with Crippen molar-refractivity contribution in [2.75, 3.05) is 0 Å². The third-order valence-electron chi connectivity index (χ3n) is 3.71.